The van der Waals surface area contributed by atoms with Gasteiger partial charge in [0, 0.05) is 18.3 Å². The van der Waals surface area contributed by atoms with Crippen LogP contribution in [0.4, 0.5) is 0 Å². The molecule has 0 spiro atoms. The first-order valence-electron chi connectivity index (χ1n) is 7.01. The lowest BCUT2D eigenvalue weighted by Gasteiger charge is -2.07. The predicted octanol–water partition coefficient (Wildman–Crippen LogP) is 0.919. The number of nitrogens with zero attached hydrogens (tertiary/aromatic N) is 2. The van der Waals surface area contributed by atoms with E-state index >= 15 is 0 Å². The van der Waals surface area contributed by atoms with E-state index in [1.807, 2.05) is 24.3 Å². The van der Waals surface area contributed by atoms with E-state index in [1.165, 1.54) is 17.0 Å². The Morgan fingerprint density at radius 3 is 2.68 bits per heavy atom. The summed E-state index contributed by atoms with van der Waals surface area (Å²) in [7, 11) is 1.62. The summed E-state index contributed by atoms with van der Waals surface area (Å²) in [5.74, 6) is 0.597. The molecule has 116 valence electrons. The van der Waals surface area contributed by atoms with Crippen LogP contribution in [0.15, 0.2) is 41.5 Å². The minimum atomic E-state index is -0.224. The molecule has 1 aromatic carbocycles. The standard InChI is InChI=1S/C16H19N3O3/c1-12-9-16(21)19(11-18-12)10-15(20)17-8-7-13-3-5-14(22-2)6-4-13/h3-6,9,11H,7-8,10H2,1-2H3,(H,17,20). The van der Waals surface area contributed by atoms with E-state index in [9.17, 15) is 9.59 Å². The number of nitrogens with one attached hydrogen (secondary N) is 1. The Morgan fingerprint density at radius 1 is 1.32 bits per heavy atom. The van der Waals surface area contributed by atoms with Gasteiger partial charge in [0.15, 0.2) is 0 Å². The fourth-order valence-electron chi connectivity index (χ4n) is 1.98. The van der Waals surface area contributed by atoms with Crippen molar-refractivity contribution in [1.29, 1.82) is 0 Å². The SMILES string of the molecule is COc1ccc(CCNC(=O)Cn2cnc(C)cc2=O)cc1. The maximum absolute atomic E-state index is 11.8. The zero-order valence-corrected chi connectivity index (χ0v) is 12.7. The molecule has 0 aliphatic rings. The average Bonchev–Trinajstić information content (AvgIpc) is 2.51. The molecule has 0 bridgehead atoms. The van der Waals surface area contributed by atoms with Crippen molar-refractivity contribution >= 4 is 5.91 Å². The number of carbonyl (C=O) groups is 1. The van der Waals surface area contributed by atoms with Crippen LogP contribution < -0.4 is 15.6 Å². The highest BCUT2D eigenvalue weighted by molar-refractivity contribution is 5.75. The van der Waals surface area contributed by atoms with E-state index in [1.54, 1.807) is 14.0 Å². The van der Waals surface area contributed by atoms with Crippen molar-refractivity contribution in [2.45, 2.75) is 19.9 Å². The summed E-state index contributed by atoms with van der Waals surface area (Å²) in [6.45, 7) is 2.23. The van der Waals surface area contributed by atoms with Crippen LogP contribution in [-0.2, 0) is 17.8 Å². The highest BCUT2D eigenvalue weighted by Gasteiger charge is 2.04. The number of aromatic nitrogens is 2. The van der Waals surface area contributed by atoms with Crippen molar-refractivity contribution in [3.05, 3.63) is 58.3 Å². The summed E-state index contributed by atoms with van der Waals surface area (Å²) in [6.07, 6.45) is 2.11. The Morgan fingerprint density at radius 2 is 2.05 bits per heavy atom. The monoisotopic (exact) mass is 301 g/mol. The zero-order valence-electron chi connectivity index (χ0n) is 12.7. The molecule has 0 saturated carbocycles. The van der Waals surface area contributed by atoms with Gasteiger partial charge >= 0.3 is 0 Å². The molecule has 22 heavy (non-hydrogen) atoms. The van der Waals surface area contributed by atoms with Crippen LogP contribution in [0, 0.1) is 6.92 Å². The molecule has 0 atom stereocenters. The fourth-order valence-corrected chi connectivity index (χ4v) is 1.98. The normalized spacial score (nSPS) is 10.3. The maximum atomic E-state index is 11.8. The summed E-state index contributed by atoms with van der Waals surface area (Å²) >= 11 is 0. The summed E-state index contributed by atoms with van der Waals surface area (Å²) < 4.78 is 6.38. The van der Waals surface area contributed by atoms with Gasteiger partial charge in [-0.15, -0.1) is 0 Å². The predicted molar refractivity (Wildman–Crippen MR) is 82.9 cm³/mol. The molecular weight excluding hydrogens is 282 g/mol. The fraction of sp³-hybridized carbons (Fsp3) is 0.312. The van der Waals surface area contributed by atoms with Crippen LogP contribution in [0.5, 0.6) is 5.75 Å². The van der Waals surface area contributed by atoms with E-state index in [0.717, 1.165) is 17.7 Å². The third-order valence-electron chi connectivity index (χ3n) is 3.23. The number of ether oxygens (including phenoxy) is 1. The van der Waals surface area contributed by atoms with Gasteiger partial charge in [0.1, 0.15) is 12.3 Å². The first kappa shape index (κ1) is 15.8. The molecule has 0 fully saturated rings. The first-order chi connectivity index (χ1) is 10.6. The smallest absolute Gasteiger partial charge is 0.253 e. The number of carbonyl (C=O) groups excluding carboxylic acids is 1. The van der Waals surface area contributed by atoms with Gasteiger partial charge in [-0.05, 0) is 31.0 Å². The largest absolute Gasteiger partial charge is 0.497 e. The van der Waals surface area contributed by atoms with Gasteiger partial charge in [-0.1, -0.05) is 12.1 Å². The lowest BCUT2D eigenvalue weighted by atomic mass is 10.1. The molecule has 1 amide bonds. The van der Waals surface area contributed by atoms with Crippen LogP contribution in [0.1, 0.15) is 11.3 Å². The second kappa shape index (κ2) is 7.40. The van der Waals surface area contributed by atoms with E-state index in [0.29, 0.717) is 12.2 Å². The molecule has 0 aliphatic carbocycles. The number of rotatable bonds is 6. The number of hydrogen-bond acceptors (Lipinski definition) is 4. The third-order valence-corrected chi connectivity index (χ3v) is 3.23. The lowest BCUT2D eigenvalue weighted by Crippen LogP contribution is -2.33. The highest BCUT2D eigenvalue weighted by Crippen LogP contribution is 2.11. The Bertz CT molecular complexity index is 693. The molecule has 0 unspecified atom stereocenters. The number of methoxy groups -OCH3 is 1. The number of benzene rings is 1. The van der Waals surface area contributed by atoms with Crippen molar-refractivity contribution in [3.63, 3.8) is 0 Å². The quantitative estimate of drug-likeness (QED) is 0.861. The number of amides is 1. The van der Waals surface area contributed by atoms with Crippen molar-refractivity contribution < 1.29 is 9.53 Å². The van der Waals surface area contributed by atoms with E-state index in [2.05, 4.69) is 10.3 Å². The van der Waals surface area contributed by atoms with Gasteiger partial charge in [-0.25, -0.2) is 4.98 Å². The molecule has 2 aromatic rings. The van der Waals surface area contributed by atoms with Gasteiger partial charge in [0.2, 0.25) is 5.91 Å². The Balaban J connectivity index is 1.81. The minimum absolute atomic E-state index is 0.0191. The molecule has 1 aromatic heterocycles. The molecule has 0 aliphatic heterocycles. The van der Waals surface area contributed by atoms with Crippen molar-refractivity contribution in [2.75, 3.05) is 13.7 Å². The number of aryl methyl sites for hydroxylation is 1. The van der Waals surface area contributed by atoms with Crippen molar-refractivity contribution in [1.82, 2.24) is 14.9 Å². The average molecular weight is 301 g/mol. The number of hydrogen-bond donors (Lipinski definition) is 1. The second-order valence-electron chi connectivity index (χ2n) is 4.94. The van der Waals surface area contributed by atoms with Gasteiger partial charge < -0.3 is 10.1 Å². The zero-order chi connectivity index (χ0) is 15.9. The molecule has 6 heteroatoms. The summed E-state index contributed by atoms with van der Waals surface area (Å²) in [4.78, 5) is 27.5. The maximum Gasteiger partial charge on any atom is 0.253 e. The molecule has 1 heterocycles. The van der Waals surface area contributed by atoms with Gasteiger partial charge in [-0.2, -0.15) is 0 Å². The second-order valence-corrected chi connectivity index (χ2v) is 4.94. The Kier molecular flexibility index (Phi) is 5.30. The molecular formula is C16H19N3O3. The van der Waals surface area contributed by atoms with Crippen LogP contribution in [0.2, 0.25) is 0 Å². The van der Waals surface area contributed by atoms with E-state index in [4.69, 9.17) is 4.74 Å². The van der Waals surface area contributed by atoms with Crippen LogP contribution >= 0.6 is 0 Å². The third kappa shape index (κ3) is 4.44. The Hall–Kier alpha value is -2.63. The Labute approximate surface area is 128 Å². The van der Waals surface area contributed by atoms with Crippen LogP contribution in [0.3, 0.4) is 0 Å². The van der Waals surface area contributed by atoms with Gasteiger partial charge in [0.25, 0.3) is 5.56 Å². The molecule has 1 N–H and O–H groups in total. The van der Waals surface area contributed by atoms with Gasteiger partial charge in [0.05, 0.1) is 13.4 Å². The first-order valence-corrected chi connectivity index (χ1v) is 7.01. The molecule has 0 radical (unpaired) electrons. The van der Waals surface area contributed by atoms with E-state index in [-0.39, 0.29) is 18.0 Å². The molecule has 6 nitrogen and oxygen atoms in total. The summed E-state index contributed by atoms with van der Waals surface area (Å²) in [5, 5.41) is 2.79. The van der Waals surface area contributed by atoms with Crippen molar-refractivity contribution in [3.8, 4) is 5.75 Å². The molecule has 0 saturated heterocycles. The van der Waals surface area contributed by atoms with Crippen molar-refractivity contribution in [2.24, 2.45) is 0 Å². The highest BCUT2D eigenvalue weighted by atomic mass is 16.5. The van der Waals surface area contributed by atoms with Crippen LogP contribution in [-0.4, -0.2) is 29.1 Å². The lowest BCUT2D eigenvalue weighted by molar-refractivity contribution is -0.121. The molecule has 2 rings (SSSR count). The summed E-state index contributed by atoms with van der Waals surface area (Å²) in [6, 6.07) is 9.09. The topological polar surface area (TPSA) is 73.2 Å². The van der Waals surface area contributed by atoms with Gasteiger partial charge in [-0.3, -0.25) is 14.2 Å². The minimum Gasteiger partial charge on any atom is -0.497 e. The van der Waals surface area contributed by atoms with E-state index < -0.39 is 0 Å². The van der Waals surface area contributed by atoms with Crippen LogP contribution in [0.25, 0.3) is 0 Å². The summed E-state index contributed by atoms with van der Waals surface area (Å²) in [5.41, 5.74) is 1.52.